The van der Waals surface area contributed by atoms with Gasteiger partial charge in [-0.1, -0.05) is 99.7 Å². The zero-order chi connectivity index (χ0) is 65.9. The van der Waals surface area contributed by atoms with E-state index in [9.17, 15) is 79.0 Å². The Morgan fingerprint density at radius 3 is 0.957 bits per heavy atom. The summed E-state index contributed by atoms with van der Waals surface area (Å²) in [4.78, 5) is 0. The van der Waals surface area contributed by atoms with Crippen molar-refractivity contribution >= 4 is 0 Å². The maximum atomic E-state index is 14.7. The lowest BCUT2D eigenvalue weighted by Gasteiger charge is -2.37. The Morgan fingerprint density at radius 2 is 0.609 bits per heavy atom. The molecule has 0 unspecified atom stereocenters. The molecule has 0 atom stereocenters. The molecule has 0 bridgehead atoms. The number of hydrogen-bond acceptors (Lipinski definition) is 2. The van der Waals surface area contributed by atoms with Crippen LogP contribution >= 0.6 is 0 Å². The van der Waals surface area contributed by atoms with Crippen LogP contribution in [0.3, 0.4) is 0 Å². The van der Waals surface area contributed by atoms with E-state index in [1.807, 2.05) is 30.3 Å². The fourth-order valence-corrected chi connectivity index (χ4v) is 12.9. The minimum absolute atomic E-state index is 0.0145. The smallest absolute Gasteiger partial charge is 0.429 e. The number of halogens is 18. The third kappa shape index (κ3) is 15.3. The molecule has 8 aromatic carbocycles. The molecule has 0 aliphatic heterocycles. The van der Waals surface area contributed by atoms with Crippen LogP contribution in [0.5, 0.6) is 11.5 Å². The Labute approximate surface area is 519 Å². The van der Waals surface area contributed by atoms with Crippen molar-refractivity contribution in [3.63, 3.8) is 0 Å². The highest BCUT2D eigenvalue weighted by atomic mass is 19.3. The summed E-state index contributed by atoms with van der Waals surface area (Å²) in [6.45, 7) is 2.35. The molecule has 0 radical (unpaired) electrons. The van der Waals surface area contributed by atoms with Crippen molar-refractivity contribution in [2.45, 2.75) is 133 Å². The van der Waals surface area contributed by atoms with Gasteiger partial charge in [0.2, 0.25) is 0 Å². The summed E-state index contributed by atoms with van der Waals surface area (Å²) < 4.78 is 258. The van der Waals surface area contributed by atoms with E-state index >= 15 is 0 Å². The second-order valence-corrected chi connectivity index (χ2v) is 24.2. The van der Waals surface area contributed by atoms with Crippen molar-refractivity contribution in [2.75, 3.05) is 0 Å². The Kier molecular flexibility index (Phi) is 20.5. The first kappa shape index (κ1) is 67.0. The SMILES string of the molecule is CC1CCC(C2CCC(c3ccc(-c4cc(F)c(F)c(F)c4)c(F)c3)CC2)CC1.Fc1cc(OC(F)(F)c2c(F)cc(-c3ccc(C4CCC4)cc3)cc2F)cc(F)c1F.Fc1cc(OC(F)(F)c2c(F)cc(-c3ccc(C4CCCC4)cc3)cc2F)cc(F)c1F. The lowest BCUT2D eigenvalue weighted by molar-refractivity contribution is -0.190. The molecule has 486 valence electrons. The van der Waals surface area contributed by atoms with Gasteiger partial charge in [0.1, 0.15) is 51.7 Å². The van der Waals surface area contributed by atoms with Gasteiger partial charge in [-0.15, -0.1) is 0 Å². The molecule has 0 N–H and O–H groups in total. The van der Waals surface area contributed by atoms with Gasteiger partial charge in [-0.2, -0.15) is 17.6 Å². The van der Waals surface area contributed by atoms with E-state index in [1.165, 1.54) is 44.6 Å². The highest BCUT2D eigenvalue weighted by Gasteiger charge is 2.43. The van der Waals surface area contributed by atoms with Crippen LogP contribution < -0.4 is 9.47 Å². The van der Waals surface area contributed by atoms with Crippen LogP contribution in [-0.2, 0) is 12.2 Å². The molecule has 0 heterocycles. The average molecular weight is 1300 g/mol. The molecule has 2 nitrogen and oxygen atoms in total. The molecule has 0 aromatic heterocycles. The van der Waals surface area contributed by atoms with Crippen LogP contribution in [0.15, 0.2) is 127 Å². The second-order valence-electron chi connectivity index (χ2n) is 24.2. The van der Waals surface area contributed by atoms with E-state index in [0.29, 0.717) is 28.9 Å². The highest BCUT2D eigenvalue weighted by Crippen LogP contribution is 2.46. The number of alkyl halides is 4. The molecule has 92 heavy (non-hydrogen) atoms. The molecule has 4 aliphatic carbocycles. The predicted molar refractivity (Wildman–Crippen MR) is 311 cm³/mol. The quantitative estimate of drug-likeness (QED) is 0.0846. The first-order valence-electron chi connectivity index (χ1n) is 30.3. The fourth-order valence-electron chi connectivity index (χ4n) is 12.9. The summed E-state index contributed by atoms with van der Waals surface area (Å²) >= 11 is 0. The third-order valence-electron chi connectivity index (χ3n) is 18.2. The number of rotatable bonds is 13. The normalized spacial score (nSPS) is 18.7. The van der Waals surface area contributed by atoms with Crippen molar-refractivity contribution in [1.29, 1.82) is 0 Å². The van der Waals surface area contributed by atoms with Crippen LogP contribution in [0.1, 0.15) is 149 Å². The first-order chi connectivity index (χ1) is 43.7. The van der Waals surface area contributed by atoms with Crippen LogP contribution in [0, 0.1) is 99.2 Å². The Hall–Kier alpha value is -7.90. The monoisotopic (exact) mass is 1300 g/mol. The van der Waals surface area contributed by atoms with Gasteiger partial charge in [0.15, 0.2) is 52.4 Å². The van der Waals surface area contributed by atoms with E-state index in [4.69, 9.17) is 0 Å². The van der Waals surface area contributed by atoms with Crippen molar-refractivity contribution in [2.24, 2.45) is 17.8 Å². The van der Waals surface area contributed by atoms with E-state index in [-0.39, 0.29) is 46.5 Å². The minimum Gasteiger partial charge on any atom is -0.429 e. The molecule has 12 rings (SSSR count). The van der Waals surface area contributed by atoms with Crippen molar-refractivity contribution < 1.29 is 88.5 Å². The Balaban J connectivity index is 0.000000151. The van der Waals surface area contributed by atoms with E-state index in [1.54, 1.807) is 30.3 Å². The minimum atomic E-state index is -4.62. The molecule has 0 saturated heterocycles. The van der Waals surface area contributed by atoms with Crippen molar-refractivity contribution in [3.8, 4) is 44.9 Å². The topological polar surface area (TPSA) is 18.5 Å². The maximum Gasteiger partial charge on any atom is 0.432 e. The molecule has 0 amide bonds. The fraction of sp³-hybridized carbons (Fsp3) is 0.333. The molecule has 20 heteroatoms. The first-order valence-corrected chi connectivity index (χ1v) is 30.3. The van der Waals surface area contributed by atoms with Crippen LogP contribution in [0.25, 0.3) is 33.4 Å². The summed E-state index contributed by atoms with van der Waals surface area (Å²) in [6.07, 6.45) is 8.46. The molecule has 4 saturated carbocycles. The van der Waals surface area contributed by atoms with Gasteiger partial charge in [0, 0.05) is 29.8 Å². The summed E-state index contributed by atoms with van der Waals surface area (Å²) in [5.74, 6) is -20.5. The summed E-state index contributed by atoms with van der Waals surface area (Å²) in [5.41, 5.74) is 0.754. The Bertz CT molecular complexity index is 3800. The van der Waals surface area contributed by atoms with E-state index in [0.717, 1.165) is 129 Å². The summed E-state index contributed by atoms with van der Waals surface area (Å²) in [6, 6.07) is 24.1. The second kappa shape index (κ2) is 28.1. The number of ether oxygens (including phenoxy) is 2. The van der Waals surface area contributed by atoms with Gasteiger partial charge in [-0.25, -0.2) is 61.5 Å². The van der Waals surface area contributed by atoms with Crippen LogP contribution in [-0.4, -0.2) is 0 Å². The molecule has 4 aliphatic rings. The zero-order valence-corrected chi connectivity index (χ0v) is 49.3. The largest absolute Gasteiger partial charge is 0.432 e. The molecule has 0 spiro atoms. The number of hydrogen-bond donors (Lipinski definition) is 0. The molecular formula is C72H60F18O2. The van der Waals surface area contributed by atoms with Gasteiger partial charge in [-0.05, 0) is 187 Å². The lowest BCUT2D eigenvalue weighted by atomic mass is 9.68. The molecule has 8 aromatic rings. The van der Waals surface area contributed by atoms with Crippen LogP contribution in [0.2, 0.25) is 0 Å². The van der Waals surface area contributed by atoms with Gasteiger partial charge < -0.3 is 9.47 Å². The lowest BCUT2D eigenvalue weighted by Crippen LogP contribution is -2.25. The standard InChI is InChI=1S/C25H28F4.C24H17F7O.C23H15F7O/c1-15-2-4-16(5-3-15)17-6-8-18(9-7-17)19-10-11-21(22(26)12-19)20-13-23(27)25(29)24(28)14-20;25-18-9-16(15-7-5-14(6-8-15)13-3-1-2-4-13)10-19(26)22(18)24(30,31)32-17-11-20(27)23(29)21(28)12-17;24-17-8-15(14-6-4-13(5-7-14)12-2-1-3-12)9-18(25)21(17)23(29,30)31-16-10-19(26)22(28)20(27)11-16/h10-18H,2-9H2,1H3;5-13H,1-4H2;4-12H,1-3H2. The molecule has 4 fully saturated rings. The van der Waals surface area contributed by atoms with Gasteiger partial charge in [-0.3, -0.25) is 0 Å². The zero-order valence-electron chi connectivity index (χ0n) is 49.3. The highest BCUT2D eigenvalue weighted by molar-refractivity contribution is 5.67. The number of benzene rings is 8. The van der Waals surface area contributed by atoms with Crippen LogP contribution in [0.4, 0.5) is 79.0 Å². The summed E-state index contributed by atoms with van der Waals surface area (Å²) in [7, 11) is 0. The van der Waals surface area contributed by atoms with Gasteiger partial charge in [0.25, 0.3) is 0 Å². The van der Waals surface area contributed by atoms with E-state index < -0.39 is 116 Å². The van der Waals surface area contributed by atoms with Gasteiger partial charge in [0.05, 0.1) is 0 Å². The molecular weight excluding hydrogens is 1240 g/mol. The van der Waals surface area contributed by atoms with Crippen molar-refractivity contribution in [1.82, 2.24) is 0 Å². The van der Waals surface area contributed by atoms with Gasteiger partial charge >= 0.3 is 12.2 Å². The average Bonchev–Trinajstić information content (AvgIpc) is 0.825. The van der Waals surface area contributed by atoms with Crippen molar-refractivity contribution in [3.05, 3.63) is 237 Å². The third-order valence-corrected chi connectivity index (χ3v) is 18.2. The van der Waals surface area contributed by atoms with E-state index in [2.05, 4.69) is 16.4 Å². The summed E-state index contributed by atoms with van der Waals surface area (Å²) in [5, 5.41) is 0. The maximum absolute atomic E-state index is 14.7. The predicted octanol–water partition coefficient (Wildman–Crippen LogP) is 23.3. The Morgan fingerprint density at radius 1 is 0.293 bits per heavy atom.